The molecule has 0 unspecified atom stereocenters. The van der Waals surface area contributed by atoms with Gasteiger partial charge in [0, 0.05) is 11.6 Å². The van der Waals surface area contributed by atoms with Crippen molar-refractivity contribution in [3.8, 4) is 17.1 Å². The summed E-state index contributed by atoms with van der Waals surface area (Å²) < 4.78 is 21.7. The molecule has 2 aromatic carbocycles. The zero-order valence-corrected chi connectivity index (χ0v) is 18.9. The number of ether oxygens (including phenoxy) is 1. The summed E-state index contributed by atoms with van der Waals surface area (Å²) in [5.41, 5.74) is 0.395. The van der Waals surface area contributed by atoms with Crippen molar-refractivity contribution in [2.45, 2.75) is 25.5 Å². The van der Waals surface area contributed by atoms with Crippen molar-refractivity contribution in [1.82, 2.24) is 20.1 Å². The third-order valence-corrected chi connectivity index (χ3v) is 5.44. The first-order valence-corrected chi connectivity index (χ1v) is 11.3. The van der Waals surface area contributed by atoms with E-state index in [1.165, 1.54) is 17.8 Å². The first-order valence-electron chi connectivity index (χ1n) is 9.90. The summed E-state index contributed by atoms with van der Waals surface area (Å²) in [6, 6.07) is 13.5. The van der Waals surface area contributed by atoms with Gasteiger partial charge >= 0.3 is 0 Å². The Balaban J connectivity index is 1.55. The third-order valence-electron chi connectivity index (χ3n) is 4.22. The summed E-state index contributed by atoms with van der Waals surface area (Å²) in [4.78, 5) is 12.2. The Labute approximate surface area is 190 Å². The summed E-state index contributed by atoms with van der Waals surface area (Å²) in [5, 5.41) is 12.4. The van der Waals surface area contributed by atoms with Crippen molar-refractivity contribution in [1.29, 1.82) is 0 Å². The number of aromatic nitrogens is 3. The highest BCUT2D eigenvalue weighted by molar-refractivity contribution is 7.99. The van der Waals surface area contributed by atoms with Gasteiger partial charge in [-0.05, 0) is 42.3 Å². The van der Waals surface area contributed by atoms with Gasteiger partial charge in [0.1, 0.15) is 18.2 Å². The molecule has 0 saturated carbocycles. The minimum absolute atomic E-state index is 0.142. The monoisotopic (exact) mass is 462 g/mol. The molecular formula is C22H24ClFN4O2S. The van der Waals surface area contributed by atoms with Crippen LogP contribution in [0.3, 0.4) is 0 Å². The summed E-state index contributed by atoms with van der Waals surface area (Å²) in [7, 11) is 0. The van der Waals surface area contributed by atoms with Crippen LogP contribution >= 0.6 is 23.4 Å². The molecule has 0 saturated heterocycles. The zero-order chi connectivity index (χ0) is 22.2. The average molecular weight is 463 g/mol. The minimum Gasteiger partial charge on any atom is -0.492 e. The van der Waals surface area contributed by atoms with Gasteiger partial charge in [0.25, 0.3) is 0 Å². The molecule has 0 spiro atoms. The van der Waals surface area contributed by atoms with E-state index in [1.807, 2.05) is 4.57 Å². The van der Waals surface area contributed by atoms with Crippen molar-refractivity contribution >= 4 is 29.3 Å². The predicted octanol–water partition coefficient (Wildman–Crippen LogP) is 4.68. The number of hydrogen-bond acceptors (Lipinski definition) is 5. The van der Waals surface area contributed by atoms with Crippen LogP contribution in [-0.2, 0) is 11.3 Å². The van der Waals surface area contributed by atoms with Crippen LogP contribution in [0.1, 0.15) is 13.8 Å². The number of carbonyl (C=O) groups is 1. The third kappa shape index (κ3) is 6.70. The Morgan fingerprint density at radius 3 is 2.65 bits per heavy atom. The molecule has 3 aromatic rings. The molecule has 31 heavy (non-hydrogen) atoms. The normalized spacial score (nSPS) is 11.0. The molecule has 1 N–H and O–H groups in total. The first-order chi connectivity index (χ1) is 14.9. The molecule has 0 radical (unpaired) electrons. The molecule has 0 bridgehead atoms. The number of hydrogen-bond donors (Lipinski definition) is 1. The van der Waals surface area contributed by atoms with Gasteiger partial charge in [-0.3, -0.25) is 4.79 Å². The lowest BCUT2D eigenvalue weighted by Crippen LogP contribution is -2.29. The molecule has 9 heteroatoms. The average Bonchev–Trinajstić information content (AvgIpc) is 3.13. The van der Waals surface area contributed by atoms with E-state index in [-0.39, 0.29) is 17.5 Å². The smallest absolute Gasteiger partial charge is 0.230 e. The van der Waals surface area contributed by atoms with Crippen LogP contribution in [0.25, 0.3) is 11.4 Å². The van der Waals surface area contributed by atoms with E-state index in [4.69, 9.17) is 16.3 Å². The van der Waals surface area contributed by atoms with Crippen molar-refractivity contribution in [3.05, 3.63) is 59.4 Å². The molecule has 0 aliphatic heterocycles. The van der Waals surface area contributed by atoms with Crippen molar-refractivity contribution in [2.75, 3.05) is 18.9 Å². The summed E-state index contributed by atoms with van der Waals surface area (Å²) in [6.45, 7) is 5.47. The summed E-state index contributed by atoms with van der Waals surface area (Å²) in [5.74, 6) is 1.14. The van der Waals surface area contributed by atoms with Crippen molar-refractivity contribution in [2.24, 2.45) is 5.92 Å². The number of amides is 1. The van der Waals surface area contributed by atoms with E-state index in [9.17, 15) is 9.18 Å². The lowest BCUT2D eigenvalue weighted by molar-refractivity contribution is -0.118. The molecule has 0 fully saturated rings. The maximum atomic E-state index is 14.3. The van der Waals surface area contributed by atoms with Gasteiger partial charge < -0.3 is 14.6 Å². The number of benzene rings is 2. The lowest BCUT2D eigenvalue weighted by atomic mass is 10.2. The van der Waals surface area contributed by atoms with E-state index in [0.29, 0.717) is 52.9 Å². The quantitative estimate of drug-likeness (QED) is 0.350. The van der Waals surface area contributed by atoms with E-state index < -0.39 is 0 Å². The molecule has 1 aromatic heterocycles. The van der Waals surface area contributed by atoms with Gasteiger partial charge in [0.15, 0.2) is 11.0 Å². The van der Waals surface area contributed by atoms with Crippen LogP contribution in [-0.4, -0.2) is 39.6 Å². The van der Waals surface area contributed by atoms with Gasteiger partial charge in [-0.25, -0.2) is 4.39 Å². The fraction of sp³-hybridized carbons (Fsp3) is 0.318. The van der Waals surface area contributed by atoms with Crippen LogP contribution in [0.5, 0.6) is 5.75 Å². The van der Waals surface area contributed by atoms with Gasteiger partial charge in [0.2, 0.25) is 5.91 Å². The van der Waals surface area contributed by atoms with Crippen LogP contribution < -0.4 is 10.1 Å². The molecule has 0 aliphatic rings. The second kappa shape index (κ2) is 11.2. The summed E-state index contributed by atoms with van der Waals surface area (Å²) >= 11 is 7.11. The first kappa shape index (κ1) is 23.1. The predicted molar refractivity (Wildman–Crippen MR) is 121 cm³/mol. The second-order valence-corrected chi connectivity index (χ2v) is 8.61. The highest BCUT2D eigenvalue weighted by atomic mass is 35.5. The fourth-order valence-corrected chi connectivity index (χ4v) is 3.74. The number of thioether (sulfide) groups is 1. The van der Waals surface area contributed by atoms with E-state index in [1.54, 1.807) is 42.5 Å². The zero-order valence-electron chi connectivity index (χ0n) is 17.3. The summed E-state index contributed by atoms with van der Waals surface area (Å²) in [6.07, 6.45) is 0. The highest BCUT2D eigenvalue weighted by Gasteiger charge is 2.18. The minimum atomic E-state index is -0.352. The second-order valence-electron chi connectivity index (χ2n) is 7.23. The van der Waals surface area contributed by atoms with Crippen LogP contribution in [0.2, 0.25) is 5.02 Å². The van der Waals surface area contributed by atoms with Gasteiger partial charge in [-0.15, -0.1) is 10.2 Å². The van der Waals surface area contributed by atoms with E-state index in [0.717, 1.165) is 0 Å². The molecule has 0 atom stereocenters. The van der Waals surface area contributed by atoms with Gasteiger partial charge in [-0.1, -0.05) is 49.3 Å². The Hall–Kier alpha value is -2.58. The van der Waals surface area contributed by atoms with Crippen LogP contribution in [0.15, 0.2) is 53.7 Å². The molecule has 6 nitrogen and oxygen atoms in total. The fourth-order valence-electron chi connectivity index (χ4n) is 2.84. The standard InChI is InChI=1S/C22H24ClFN4O2S/c1-15(2)13-28-21(18-5-3-4-6-19(18)24)26-27-22(28)31-14-20(29)25-11-12-30-17-9-7-16(23)8-10-17/h3-10,15H,11-14H2,1-2H3,(H,25,29). The Bertz CT molecular complexity index is 1010. The Morgan fingerprint density at radius 1 is 1.19 bits per heavy atom. The van der Waals surface area contributed by atoms with E-state index in [2.05, 4.69) is 29.4 Å². The Kier molecular flexibility index (Phi) is 8.31. The van der Waals surface area contributed by atoms with E-state index >= 15 is 0 Å². The van der Waals surface area contributed by atoms with Crippen LogP contribution in [0.4, 0.5) is 4.39 Å². The number of carbonyl (C=O) groups excluding carboxylic acids is 1. The molecule has 1 amide bonds. The number of rotatable bonds is 10. The van der Waals surface area contributed by atoms with Crippen molar-refractivity contribution in [3.63, 3.8) is 0 Å². The molecule has 3 rings (SSSR count). The molecule has 164 valence electrons. The van der Waals surface area contributed by atoms with Gasteiger partial charge in [0.05, 0.1) is 17.9 Å². The molecule has 0 aliphatic carbocycles. The molecular weight excluding hydrogens is 439 g/mol. The SMILES string of the molecule is CC(C)Cn1c(SCC(=O)NCCOc2ccc(Cl)cc2)nnc1-c1ccccc1F. The topological polar surface area (TPSA) is 69.0 Å². The molecule has 1 heterocycles. The largest absolute Gasteiger partial charge is 0.492 e. The number of nitrogens with zero attached hydrogens (tertiary/aromatic N) is 3. The van der Waals surface area contributed by atoms with Gasteiger partial charge in [-0.2, -0.15) is 0 Å². The lowest BCUT2D eigenvalue weighted by Gasteiger charge is -2.13. The maximum absolute atomic E-state index is 14.3. The number of nitrogens with one attached hydrogen (secondary N) is 1. The number of halogens is 2. The maximum Gasteiger partial charge on any atom is 0.230 e. The Morgan fingerprint density at radius 2 is 1.94 bits per heavy atom. The highest BCUT2D eigenvalue weighted by Crippen LogP contribution is 2.26. The van der Waals surface area contributed by atoms with Crippen LogP contribution in [0, 0.1) is 11.7 Å². The van der Waals surface area contributed by atoms with Crippen molar-refractivity contribution < 1.29 is 13.9 Å².